The second kappa shape index (κ2) is 8.53. The minimum atomic E-state index is -3.50. The molecule has 0 heterocycles. The Morgan fingerprint density at radius 2 is 1.58 bits per heavy atom. The summed E-state index contributed by atoms with van der Waals surface area (Å²) in [6, 6.07) is 11.7. The zero-order chi connectivity index (χ0) is 18.6. The number of nitrogens with one attached hydrogen (secondary N) is 1. The summed E-state index contributed by atoms with van der Waals surface area (Å²) >= 11 is 12.2. The second-order valence-electron chi connectivity index (χ2n) is 6.34. The van der Waals surface area contributed by atoms with Gasteiger partial charge in [0.25, 0.3) is 0 Å². The van der Waals surface area contributed by atoms with Crippen molar-refractivity contribution in [3.63, 3.8) is 0 Å². The third-order valence-electron chi connectivity index (χ3n) is 4.42. The number of rotatable bonds is 5. The maximum absolute atomic E-state index is 12.5. The molecule has 1 N–H and O–H groups in total. The zero-order valence-electron chi connectivity index (χ0n) is 14.2. The molecule has 0 atom stereocenters. The molecule has 26 heavy (non-hydrogen) atoms. The fourth-order valence-electron chi connectivity index (χ4n) is 2.99. The van der Waals surface area contributed by atoms with Crippen molar-refractivity contribution in [1.29, 1.82) is 0 Å². The minimum Gasteiger partial charge on any atom is -0.256 e. The number of sulfonamides is 1. The quantitative estimate of drug-likeness (QED) is 0.674. The molecule has 7 heteroatoms. The van der Waals surface area contributed by atoms with E-state index in [1.165, 1.54) is 6.42 Å². The van der Waals surface area contributed by atoms with Crippen LogP contribution < -0.4 is 4.72 Å². The molecule has 2 aromatic carbocycles. The van der Waals surface area contributed by atoms with Gasteiger partial charge >= 0.3 is 0 Å². The average Bonchev–Trinajstić information content (AvgIpc) is 2.62. The first-order chi connectivity index (χ1) is 12.5. The topological polar surface area (TPSA) is 58.5 Å². The van der Waals surface area contributed by atoms with E-state index in [0.717, 1.165) is 25.7 Å². The van der Waals surface area contributed by atoms with Crippen LogP contribution in [0, 0.1) is 0 Å². The molecule has 138 valence electrons. The Morgan fingerprint density at radius 1 is 0.962 bits per heavy atom. The van der Waals surface area contributed by atoms with Crippen LogP contribution in [-0.4, -0.2) is 20.7 Å². The number of hydrogen-bond donors (Lipinski definition) is 1. The van der Waals surface area contributed by atoms with Crippen molar-refractivity contribution in [1.82, 2.24) is 4.72 Å². The van der Waals surface area contributed by atoms with Crippen LogP contribution in [0.1, 0.15) is 37.7 Å². The van der Waals surface area contributed by atoms with Gasteiger partial charge < -0.3 is 0 Å². The van der Waals surface area contributed by atoms with E-state index in [0.29, 0.717) is 21.3 Å². The Balaban J connectivity index is 1.72. The van der Waals surface area contributed by atoms with Gasteiger partial charge in [-0.2, -0.15) is 0 Å². The molecule has 2 aromatic rings. The first-order valence-corrected chi connectivity index (χ1v) is 10.8. The molecule has 0 amide bonds. The normalized spacial score (nSPS) is 16.2. The SMILES string of the molecule is O=S(=O)(NC1CCCCC1)c1ccc(N=Cc2c(Cl)cccc2Cl)cc1. The summed E-state index contributed by atoms with van der Waals surface area (Å²) < 4.78 is 27.8. The number of halogens is 2. The average molecular weight is 411 g/mol. The highest BCUT2D eigenvalue weighted by atomic mass is 35.5. The molecular formula is C19H20Cl2N2O2S. The van der Waals surface area contributed by atoms with Crippen molar-refractivity contribution in [2.75, 3.05) is 0 Å². The van der Waals surface area contributed by atoms with E-state index in [2.05, 4.69) is 9.71 Å². The lowest BCUT2D eigenvalue weighted by molar-refractivity contribution is 0.412. The molecule has 0 aromatic heterocycles. The highest BCUT2D eigenvalue weighted by Gasteiger charge is 2.21. The fourth-order valence-corrected chi connectivity index (χ4v) is 4.79. The van der Waals surface area contributed by atoms with Gasteiger partial charge in [0, 0.05) is 17.8 Å². The number of nitrogens with zero attached hydrogens (tertiary/aromatic N) is 1. The van der Waals surface area contributed by atoms with Gasteiger partial charge in [-0.15, -0.1) is 0 Å². The predicted octanol–water partition coefficient (Wildman–Crippen LogP) is 5.36. The standard InChI is InChI=1S/C19H20Cl2N2O2S/c20-18-7-4-8-19(21)17(18)13-22-14-9-11-16(12-10-14)26(24,25)23-15-5-2-1-3-6-15/h4,7-13,15,23H,1-3,5-6H2. The molecular weight excluding hydrogens is 391 g/mol. The maximum atomic E-state index is 12.5. The van der Waals surface area contributed by atoms with Crippen molar-refractivity contribution < 1.29 is 8.42 Å². The van der Waals surface area contributed by atoms with E-state index >= 15 is 0 Å². The van der Waals surface area contributed by atoms with Gasteiger partial charge in [0.1, 0.15) is 0 Å². The van der Waals surface area contributed by atoms with Crippen molar-refractivity contribution in [2.45, 2.75) is 43.0 Å². The van der Waals surface area contributed by atoms with Crippen LogP contribution in [0.2, 0.25) is 10.0 Å². The zero-order valence-corrected chi connectivity index (χ0v) is 16.5. The molecule has 0 saturated heterocycles. The molecule has 0 unspecified atom stereocenters. The number of hydrogen-bond acceptors (Lipinski definition) is 3. The monoisotopic (exact) mass is 410 g/mol. The van der Waals surface area contributed by atoms with Crippen LogP contribution in [0.4, 0.5) is 5.69 Å². The van der Waals surface area contributed by atoms with E-state index in [1.54, 1.807) is 48.7 Å². The molecule has 4 nitrogen and oxygen atoms in total. The van der Waals surface area contributed by atoms with Gasteiger partial charge in [0.15, 0.2) is 0 Å². The fraction of sp³-hybridized carbons (Fsp3) is 0.316. The smallest absolute Gasteiger partial charge is 0.240 e. The van der Waals surface area contributed by atoms with Crippen molar-refractivity contribution in [3.05, 3.63) is 58.1 Å². The lowest BCUT2D eigenvalue weighted by atomic mass is 9.96. The summed E-state index contributed by atoms with van der Waals surface area (Å²) in [7, 11) is -3.50. The lowest BCUT2D eigenvalue weighted by Gasteiger charge is -2.22. The maximum Gasteiger partial charge on any atom is 0.240 e. The van der Waals surface area contributed by atoms with E-state index in [4.69, 9.17) is 23.2 Å². The summed E-state index contributed by atoms with van der Waals surface area (Å²) in [4.78, 5) is 4.58. The van der Waals surface area contributed by atoms with Crippen LogP contribution in [0.25, 0.3) is 0 Å². The van der Waals surface area contributed by atoms with Crippen LogP contribution >= 0.6 is 23.2 Å². The second-order valence-corrected chi connectivity index (χ2v) is 8.87. The molecule has 1 fully saturated rings. The highest BCUT2D eigenvalue weighted by Crippen LogP contribution is 2.24. The molecule has 1 saturated carbocycles. The molecule has 0 radical (unpaired) electrons. The lowest BCUT2D eigenvalue weighted by Crippen LogP contribution is -2.36. The first kappa shape index (κ1) is 19.4. The molecule has 0 spiro atoms. The molecule has 3 rings (SSSR count). The van der Waals surface area contributed by atoms with Gasteiger partial charge in [0.2, 0.25) is 10.0 Å². The number of benzene rings is 2. The van der Waals surface area contributed by atoms with Gasteiger partial charge in [0.05, 0.1) is 20.6 Å². The molecule has 0 bridgehead atoms. The Morgan fingerprint density at radius 3 is 2.19 bits per heavy atom. The Kier molecular flexibility index (Phi) is 6.35. The van der Waals surface area contributed by atoms with E-state index in [1.807, 2.05) is 0 Å². The Labute approximate surface area is 164 Å². The summed E-state index contributed by atoms with van der Waals surface area (Å²) in [5.74, 6) is 0. The summed E-state index contributed by atoms with van der Waals surface area (Å²) in [6.07, 6.45) is 6.71. The van der Waals surface area contributed by atoms with Crippen molar-refractivity contribution in [2.24, 2.45) is 4.99 Å². The Hall–Kier alpha value is -1.40. The third kappa shape index (κ3) is 4.86. The van der Waals surface area contributed by atoms with Gasteiger partial charge in [-0.25, -0.2) is 13.1 Å². The molecule has 1 aliphatic carbocycles. The van der Waals surface area contributed by atoms with Gasteiger partial charge in [-0.1, -0.05) is 48.5 Å². The van der Waals surface area contributed by atoms with Crippen LogP contribution in [-0.2, 0) is 10.0 Å². The summed E-state index contributed by atoms with van der Waals surface area (Å²) in [5.41, 5.74) is 1.25. The van der Waals surface area contributed by atoms with Gasteiger partial charge in [-0.3, -0.25) is 4.99 Å². The predicted molar refractivity (Wildman–Crippen MR) is 107 cm³/mol. The van der Waals surface area contributed by atoms with E-state index < -0.39 is 10.0 Å². The van der Waals surface area contributed by atoms with Gasteiger partial charge in [-0.05, 0) is 49.2 Å². The number of aliphatic imine (C=N–C) groups is 1. The van der Waals surface area contributed by atoms with Crippen molar-refractivity contribution >= 4 is 45.1 Å². The minimum absolute atomic E-state index is 0.0359. The van der Waals surface area contributed by atoms with Crippen LogP contribution in [0.3, 0.4) is 0 Å². The summed E-state index contributed by atoms with van der Waals surface area (Å²) in [6.45, 7) is 0. The molecule has 1 aliphatic rings. The highest BCUT2D eigenvalue weighted by molar-refractivity contribution is 7.89. The van der Waals surface area contributed by atoms with Crippen molar-refractivity contribution in [3.8, 4) is 0 Å². The molecule has 0 aliphatic heterocycles. The summed E-state index contributed by atoms with van der Waals surface area (Å²) in [5, 5.41) is 1.02. The third-order valence-corrected chi connectivity index (χ3v) is 6.61. The van der Waals surface area contributed by atoms with Crippen LogP contribution in [0.5, 0.6) is 0 Å². The largest absolute Gasteiger partial charge is 0.256 e. The van der Waals surface area contributed by atoms with E-state index in [-0.39, 0.29) is 10.9 Å². The first-order valence-electron chi connectivity index (χ1n) is 8.56. The van der Waals surface area contributed by atoms with E-state index in [9.17, 15) is 8.42 Å². The van der Waals surface area contributed by atoms with Crippen LogP contribution in [0.15, 0.2) is 52.4 Å². The Bertz CT molecular complexity index is 870.